The van der Waals surface area contributed by atoms with Crippen LogP contribution in [-0.2, 0) is 14.4 Å². The van der Waals surface area contributed by atoms with Crippen LogP contribution in [-0.4, -0.2) is 39.2 Å². The van der Waals surface area contributed by atoms with Crippen LogP contribution in [0.25, 0.3) is 0 Å². The molecule has 0 unspecified atom stereocenters. The predicted octanol–water partition coefficient (Wildman–Crippen LogP) is 4.07. The molecule has 3 atom stereocenters. The summed E-state index contributed by atoms with van der Waals surface area (Å²) in [5, 5.41) is 1.63. The van der Waals surface area contributed by atoms with E-state index in [4.69, 9.17) is 19.0 Å². The van der Waals surface area contributed by atoms with Crippen LogP contribution >= 0.6 is 0 Å². The number of aryl methyl sites for hydroxylation is 1. The lowest BCUT2D eigenvalue weighted by Gasteiger charge is -2.30. The van der Waals surface area contributed by atoms with Crippen molar-refractivity contribution in [1.29, 1.82) is 0 Å². The Morgan fingerprint density at radius 1 is 0.771 bits per heavy atom. The standard InChI is InChI=1S/C27H26N2O6/c1-16-9-8-12-18(15-16)28-26(30)21-22(19-13-14-20(32-2)24(34-4)23(19)33-3)29(35-25(21)27(28)31)17-10-6-5-7-11-17/h5-15,21-22,25H,1-4H3/t21-,22+,25-/m0/s1. The Balaban J connectivity index is 1.66. The van der Waals surface area contributed by atoms with Crippen LogP contribution in [0.15, 0.2) is 66.7 Å². The maximum Gasteiger partial charge on any atom is 0.266 e. The highest BCUT2D eigenvalue weighted by Crippen LogP contribution is 2.52. The molecule has 35 heavy (non-hydrogen) atoms. The van der Waals surface area contributed by atoms with E-state index >= 15 is 0 Å². The molecule has 180 valence electrons. The number of carbonyl (C=O) groups excluding carboxylic acids is 2. The van der Waals surface area contributed by atoms with Gasteiger partial charge in [0.2, 0.25) is 11.7 Å². The topological polar surface area (TPSA) is 77.5 Å². The third-order valence-electron chi connectivity index (χ3n) is 6.44. The Hall–Kier alpha value is -4.04. The van der Waals surface area contributed by atoms with Gasteiger partial charge in [0.1, 0.15) is 12.0 Å². The van der Waals surface area contributed by atoms with E-state index in [1.165, 1.54) is 19.1 Å². The number of para-hydroxylation sites is 1. The maximum absolute atomic E-state index is 13.8. The minimum absolute atomic E-state index is 0.328. The minimum Gasteiger partial charge on any atom is -0.493 e. The summed E-state index contributed by atoms with van der Waals surface area (Å²) in [5.41, 5.74) is 2.84. The molecular formula is C27H26N2O6. The highest BCUT2D eigenvalue weighted by molar-refractivity contribution is 6.24. The summed E-state index contributed by atoms with van der Waals surface area (Å²) in [6.45, 7) is 1.92. The van der Waals surface area contributed by atoms with Gasteiger partial charge in [0, 0.05) is 5.56 Å². The Kier molecular flexibility index (Phi) is 5.82. The Morgan fingerprint density at radius 2 is 1.49 bits per heavy atom. The number of carbonyl (C=O) groups is 2. The molecule has 0 saturated carbocycles. The molecule has 0 N–H and O–H groups in total. The number of rotatable bonds is 6. The van der Waals surface area contributed by atoms with E-state index in [9.17, 15) is 9.59 Å². The fourth-order valence-corrected chi connectivity index (χ4v) is 4.91. The molecule has 0 radical (unpaired) electrons. The first-order valence-corrected chi connectivity index (χ1v) is 11.2. The molecule has 2 aliphatic rings. The number of imide groups is 1. The number of hydrogen-bond donors (Lipinski definition) is 0. The van der Waals surface area contributed by atoms with Gasteiger partial charge in [-0.15, -0.1) is 0 Å². The van der Waals surface area contributed by atoms with Gasteiger partial charge in [-0.25, -0.2) is 9.96 Å². The van der Waals surface area contributed by atoms with Gasteiger partial charge < -0.3 is 14.2 Å². The minimum atomic E-state index is -0.981. The zero-order chi connectivity index (χ0) is 24.7. The van der Waals surface area contributed by atoms with Crippen molar-refractivity contribution in [2.75, 3.05) is 31.3 Å². The molecular weight excluding hydrogens is 448 g/mol. The van der Waals surface area contributed by atoms with Crippen LogP contribution in [0.1, 0.15) is 17.2 Å². The van der Waals surface area contributed by atoms with Crippen molar-refractivity contribution in [1.82, 2.24) is 0 Å². The van der Waals surface area contributed by atoms with Gasteiger partial charge in [-0.2, -0.15) is 0 Å². The molecule has 0 bridgehead atoms. The van der Waals surface area contributed by atoms with Gasteiger partial charge >= 0.3 is 0 Å². The maximum atomic E-state index is 13.8. The summed E-state index contributed by atoms with van der Waals surface area (Å²) in [5.74, 6) is -0.216. The van der Waals surface area contributed by atoms with Crippen LogP contribution in [0.5, 0.6) is 17.2 Å². The van der Waals surface area contributed by atoms with Gasteiger partial charge in [-0.05, 0) is 48.9 Å². The van der Waals surface area contributed by atoms with Crippen molar-refractivity contribution < 1.29 is 28.6 Å². The van der Waals surface area contributed by atoms with Gasteiger partial charge in [0.05, 0.1) is 32.7 Å². The molecule has 0 spiro atoms. The fraction of sp³-hybridized carbons (Fsp3) is 0.259. The van der Waals surface area contributed by atoms with Gasteiger partial charge in [0.25, 0.3) is 5.91 Å². The molecule has 2 fully saturated rings. The number of anilines is 2. The summed E-state index contributed by atoms with van der Waals surface area (Å²) >= 11 is 0. The first-order valence-electron chi connectivity index (χ1n) is 11.2. The summed E-state index contributed by atoms with van der Waals surface area (Å²) < 4.78 is 16.8. The van der Waals surface area contributed by atoms with E-state index in [1.54, 1.807) is 24.3 Å². The summed E-state index contributed by atoms with van der Waals surface area (Å²) in [6, 6.07) is 19.6. The highest BCUT2D eigenvalue weighted by Gasteiger charge is 2.61. The number of ether oxygens (including phenoxy) is 3. The number of methoxy groups -OCH3 is 3. The molecule has 2 aliphatic heterocycles. The van der Waals surface area contributed by atoms with Crippen molar-refractivity contribution >= 4 is 23.2 Å². The second kappa shape index (κ2) is 8.96. The normalized spacial score (nSPS) is 21.3. The lowest BCUT2D eigenvalue weighted by Crippen LogP contribution is -2.37. The average molecular weight is 475 g/mol. The predicted molar refractivity (Wildman–Crippen MR) is 130 cm³/mol. The largest absolute Gasteiger partial charge is 0.493 e. The molecule has 2 amide bonds. The van der Waals surface area contributed by atoms with E-state index in [1.807, 2.05) is 61.5 Å². The SMILES string of the molecule is COc1ccc([C@@H]2[C@@H]3C(=O)N(c4cccc(C)c4)C(=O)[C@H]3ON2c2ccccc2)c(OC)c1OC. The third-order valence-corrected chi connectivity index (χ3v) is 6.44. The Morgan fingerprint density at radius 3 is 2.14 bits per heavy atom. The average Bonchev–Trinajstić information content (AvgIpc) is 3.39. The molecule has 8 nitrogen and oxygen atoms in total. The number of fused-ring (bicyclic) bond motifs is 1. The molecule has 8 heteroatoms. The van der Waals surface area contributed by atoms with E-state index < -0.39 is 24.0 Å². The Labute approximate surface area is 203 Å². The van der Waals surface area contributed by atoms with Crippen molar-refractivity contribution in [3.63, 3.8) is 0 Å². The molecule has 2 heterocycles. The van der Waals surface area contributed by atoms with Gasteiger partial charge in [-0.1, -0.05) is 30.3 Å². The zero-order valence-corrected chi connectivity index (χ0v) is 19.9. The number of hydroxylamine groups is 1. The van der Waals surface area contributed by atoms with Crippen LogP contribution < -0.4 is 24.2 Å². The second-order valence-electron chi connectivity index (χ2n) is 8.43. The monoisotopic (exact) mass is 474 g/mol. The zero-order valence-electron chi connectivity index (χ0n) is 19.9. The summed E-state index contributed by atoms with van der Waals surface area (Å²) in [4.78, 5) is 34.8. The van der Waals surface area contributed by atoms with Crippen molar-refractivity contribution in [3.8, 4) is 17.2 Å². The number of nitrogens with zero attached hydrogens (tertiary/aromatic N) is 2. The van der Waals surface area contributed by atoms with E-state index in [0.717, 1.165) is 5.56 Å². The lowest BCUT2D eigenvalue weighted by atomic mass is 9.89. The van der Waals surface area contributed by atoms with Crippen LogP contribution in [0.3, 0.4) is 0 Å². The number of benzene rings is 3. The van der Waals surface area contributed by atoms with E-state index in [0.29, 0.717) is 34.2 Å². The Bertz CT molecular complexity index is 1280. The third kappa shape index (κ3) is 3.57. The van der Waals surface area contributed by atoms with Crippen molar-refractivity contribution in [2.45, 2.75) is 19.1 Å². The first-order chi connectivity index (χ1) is 17.0. The van der Waals surface area contributed by atoms with Crippen LogP contribution in [0.4, 0.5) is 11.4 Å². The smallest absolute Gasteiger partial charge is 0.266 e. The molecule has 5 rings (SSSR count). The quantitative estimate of drug-likeness (QED) is 0.499. The van der Waals surface area contributed by atoms with Gasteiger partial charge in [0.15, 0.2) is 17.6 Å². The molecule has 3 aromatic carbocycles. The highest BCUT2D eigenvalue weighted by atomic mass is 16.7. The lowest BCUT2D eigenvalue weighted by molar-refractivity contribution is -0.126. The fourth-order valence-electron chi connectivity index (χ4n) is 4.91. The van der Waals surface area contributed by atoms with Crippen LogP contribution in [0, 0.1) is 12.8 Å². The molecule has 2 saturated heterocycles. The second-order valence-corrected chi connectivity index (χ2v) is 8.43. The van der Waals surface area contributed by atoms with Crippen LogP contribution in [0.2, 0.25) is 0 Å². The van der Waals surface area contributed by atoms with E-state index in [2.05, 4.69) is 0 Å². The van der Waals surface area contributed by atoms with E-state index in [-0.39, 0.29) is 5.91 Å². The first kappa shape index (κ1) is 22.7. The van der Waals surface area contributed by atoms with Gasteiger partial charge in [-0.3, -0.25) is 14.4 Å². The number of hydrogen-bond acceptors (Lipinski definition) is 7. The molecule has 3 aromatic rings. The molecule has 0 aromatic heterocycles. The number of amides is 2. The molecule has 0 aliphatic carbocycles. The van der Waals surface area contributed by atoms with Crippen molar-refractivity contribution in [3.05, 3.63) is 77.9 Å². The van der Waals surface area contributed by atoms with Crippen molar-refractivity contribution in [2.24, 2.45) is 5.92 Å². The summed E-state index contributed by atoms with van der Waals surface area (Å²) in [7, 11) is 4.60. The summed E-state index contributed by atoms with van der Waals surface area (Å²) in [6.07, 6.45) is -0.981.